The Hall–Kier alpha value is -2.61. The van der Waals surface area contributed by atoms with Crippen LogP contribution in [-0.2, 0) is 0 Å². The number of allylic oxidation sites excluding steroid dienone is 2. The van der Waals surface area contributed by atoms with E-state index in [1.165, 1.54) is 0 Å². The molecule has 0 aromatic heterocycles. The van der Waals surface area contributed by atoms with Crippen molar-refractivity contribution in [3.63, 3.8) is 0 Å². The summed E-state index contributed by atoms with van der Waals surface area (Å²) in [6, 6.07) is 13.7. The number of nitrogens with one attached hydrogen (secondary N) is 1. The maximum atomic E-state index is 10.1. The number of fused-ring (bicyclic) bond motifs is 1. The molecule has 1 aromatic rings. The second kappa shape index (κ2) is 7.09. The minimum absolute atomic E-state index is 0.0576. The lowest BCUT2D eigenvalue weighted by Gasteiger charge is -2.49. The molecule has 3 rings (SSSR count). The third kappa shape index (κ3) is 2.92. The largest absolute Gasteiger partial charge is 0.305 e. The number of benzene rings is 1. The molecule has 0 saturated heterocycles. The first-order valence-corrected chi connectivity index (χ1v) is 9.84. The van der Waals surface area contributed by atoms with Crippen LogP contribution < -0.4 is 0 Å². The predicted molar refractivity (Wildman–Crippen MR) is 108 cm³/mol. The Morgan fingerprint density at radius 2 is 1.79 bits per heavy atom. The number of hydrogen-bond acceptors (Lipinski definition) is 4. The van der Waals surface area contributed by atoms with Crippen molar-refractivity contribution in [3.05, 3.63) is 46.5 Å². The van der Waals surface area contributed by atoms with Crippen LogP contribution in [-0.4, -0.2) is 5.71 Å². The first-order valence-electron chi connectivity index (χ1n) is 9.46. The van der Waals surface area contributed by atoms with E-state index in [1.807, 2.05) is 18.2 Å². The minimum Gasteiger partial charge on any atom is -0.305 e. The minimum atomic E-state index is -1.70. The molecule has 0 aliphatic heterocycles. The molecule has 4 nitrogen and oxygen atoms in total. The van der Waals surface area contributed by atoms with Gasteiger partial charge in [-0.1, -0.05) is 56.6 Å². The highest BCUT2D eigenvalue weighted by atomic mass is 35.5. The third-order valence-electron chi connectivity index (χ3n) is 6.47. The molecule has 1 fully saturated rings. The fourth-order valence-electron chi connectivity index (χ4n) is 4.80. The van der Waals surface area contributed by atoms with Crippen molar-refractivity contribution in [3.8, 4) is 18.2 Å². The third-order valence-corrected chi connectivity index (χ3v) is 6.81. The predicted octanol–water partition coefficient (Wildman–Crippen LogP) is 5.63. The molecule has 0 heterocycles. The standard InChI is InChI=1S/C23H23ClN4/c1-22(2,3)14-8-9-15-17(10-14)20(16-6-4-5-7-19(16)24)23(12-26,13-27)21(28)18(15)11-25/h4-7,9,14,17-18,20,28H,8,10H2,1-3H3/t14-,17-,18?,20+/m1/s1. The molecule has 142 valence electrons. The Morgan fingerprint density at radius 1 is 1.14 bits per heavy atom. The number of hydrogen-bond donors (Lipinski definition) is 1. The zero-order valence-electron chi connectivity index (χ0n) is 16.3. The van der Waals surface area contributed by atoms with E-state index >= 15 is 0 Å². The first kappa shape index (κ1) is 20.1. The van der Waals surface area contributed by atoms with Crippen LogP contribution in [0.4, 0.5) is 0 Å². The molecule has 0 bridgehead atoms. The summed E-state index contributed by atoms with van der Waals surface area (Å²) < 4.78 is 0. The normalized spacial score (nSPS) is 28.9. The van der Waals surface area contributed by atoms with Gasteiger partial charge < -0.3 is 5.41 Å². The van der Waals surface area contributed by atoms with Gasteiger partial charge in [-0.05, 0) is 47.3 Å². The average molecular weight is 391 g/mol. The smallest absolute Gasteiger partial charge is 0.189 e. The van der Waals surface area contributed by atoms with Gasteiger partial charge in [-0.25, -0.2) is 0 Å². The highest BCUT2D eigenvalue weighted by Gasteiger charge is 2.58. The number of halogens is 1. The lowest BCUT2D eigenvalue weighted by Crippen LogP contribution is -2.50. The molecule has 2 aliphatic carbocycles. The van der Waals surface area contributed by atoms with Crippen LogP contribution in [0.2, 0.25) is 5.02 Å². The molecule has 0 amide bonds. The Kier molecular flexibility index (Phi) is 5.10. The monoisotopic (exact) mass is 390 g/mol. The lowest BCUT2D eigenvalue weighted by molar-refractivity contribution is 0.168. The van der Waals surface area contributed by atoms with Gasteiger partial charge in [0.1, 0.15) is 5.92 Å². The summed E-state index contributed by atoms with van der Waals surface area (Å²) in [5.41, 5.74) is -0.186. The summed E-state index contributed by atoms with van der Waals surface area (Å²) in [4.78, 5) is 0. The van der Waals surface area contributed by atoms with Crippen molar-refractivity contribution in [1.82, 2.24) is 0 Å². The zero-order valence-corrected chi connectivity index (χ0v) is 17.1. The van der Waals surface area contributed by atoms with Crippen molar-refractivity contribution >= 4 is 17.3 Å². The Bertz CT molecular complexity index is 950. The summed E-state index contributed by atoms with van der Waals surface area (Å²) in [7, 11) is 0. The molecule has 1 N–H and O–H groups in total. The topological polar surface area (TPSA) is 95.2 Å². The maximum absolute atomic E-state index is 10.1. The molecule has 1 unspecified atom stereocenters. The second-order valence-electron chi connectivity index (χ2n) is 8.85. The van der Waals surface area contributed by atoms with Crippen LogP contribution >= 0.6 is 11.6 Å². The van der Waals surface area contributed by atoms with Crippen LogP contribution in [0, 0.1) is 68.0 Å². The van der Waals surface area contributed by atoms with Gasteiger partial charge in [0.05, 0.1) is 23.9 Å². The molecule has 0 spiro atoms. The van der Waals surface area contributed by atoms with Gasteiger partial charge in [-0.15, -0.1) is 0 Å². The van der Waals surface area contributed by atoms with Crippen LogP contribution in [0.25, 0.3) is 0 Å². The summed E-state index contributed by atoms with van der Waals surface area (Å²) >= 11 is 6.50. The van der Waals surface area contributed by atoms with Crippen molar-refractivity contribution < 1.29 is 0 Å². The summed E-state index contributed by atoms with van der Waals surface area (Å²) in [6.45, 7) is 6.57. The molecular weight excluding hydrogens is 368 g/mol. The lowest BCUT2D eigenvalue weighted by atomic mass is 9.51. The summed E-state index contributed by atoms with van der Waals surface area (Å²) in [5.74, 6) is -1.21. The van der Waals surface area contributed by atoms with E-state index in [1.54, 1.807) is 6.07 Å². The van der Waals surface area contributed by atoms with Crippen LogP contribution in [0.15, 0.2) is 35.9 Å². The quantitative estimate of drug-likeness (QED) is 0.629. The van der Waals surface area contributed by atoms with Gasteiger partial charge in [0.15, 0.2) is 5.41 Å². The fourth-order valence-corrected chi connectivity index (χ4v) is 5.05. The highest BCUT2D eigenvalue weighted by Crippen LogP contribution is 2.58. The first-order chi connectivity index (χ1) is 13.2. The van der Waals surface area contributed by atoms with Crippen molar-refractivity contribution in [2.75, 3.05) is 0 Å². The molecule has 4 atom stereocenters. The van der Waals surface area contributed by atoms with E-state index in [9.17, 15) is 15.8 Å². The Balaban J connectivity index is 2.28. The summed E-state index contributed by atoms with van der Waals surface area (Å²) in [6.07, 6.45) is 3.68. The van der Waals surface area contributed by atoms with Gasteiger partial charge >= 0.3 is 0 Å². The van der Waals surface area contributed by atoms with Crippen molar-refractivity contribution in [1.29, 1.82) is 21.2 Å². The Morgan fingerprint density at radius 3 is 2.32 bits per heavy atom. The second-order valence-corrected chi connectivity index (χ2v) is 9.26. The highest BCUT2D eigenvalue weighted by molar-refractivity contribution is 6.31. The van der Waals surface area contributed by atoms with E-state index in [-0.39, 0.29) is 17.0 Å². The molecule has 28 heavy (non-hydrogen) atoms. The fraction of sp³-hybridized carbons (Fsp3) is 0.478. The van der Waals surface area contributed by atoms with E-state index in [4.69, 9.17) is 17.0 Å². The molecule has 1 aromatic carbocycles. The van der Waals surface area contributed by atoms with Gasteiger partial charge in [-0.2, -0.15) is 15.8 Å². The van der Waals surface area contributed by atoms with E-state index in [0.29, 0.717) is 16.5 Å². The zero-order chi connectivity index (χ0) is 20.7. The number of nitrogens with zero attached hydrogens (tertiary/aromatic N) is 3. The molecule has 1 saturated carbocycles. The van der Waals surface area contributed by atoms with Crippen LogP contribution in [0.5, 0.6) is 0 Å². The summed E-state index contributed by atoms with van der Waals surface area (Å²) in [5, 5.41) is 39.1. The van der Waals surface area contributed by atoms with Crippen molar-refractivity contribution in [2.24, 2.45) is 28.6 Å². The van der Waals surface area contributed by atoms with E-state index in [0.717, 1.165) is 18.4 Å². The average Bonchev–Trinajstić information content (AvgIpc) is 2.67. The van der Waals surface area contributed by atoms with Crippen LogP contribution in [0.1, 0.15) is 45.1 Å². The maximum Gasteiger partial charge on any atom is 0.189 e. The number of rotatable bonds is 1. The van der Waals surface area contributed by atoms with Gasteiger partial charge in [-0.3, -0.25) is 0 Å². The van der Waals surface area contributed by atoms with Crippen molar-refractivity contribution in [2.45, 2.75) is 39.5 Å². The molecule has 0 radical (unpaired) electrons. The molecular formula is C23H23ClN4. The SMILES string of the molecule is CC(C)(C)[C@@H]1CC=C2C(C#N)C(=N)C(C#N)(C#N)[C@@H](c3ccccc3Cl)[C@@H]2C1. The van der Waals surface area contributed by atoms with Gasteiger partial charge in [0.25, 0.3) is 0 Å². The van der Waals surface area contributed by atoms with E-state index < -0.39 is 17.3 Å². The van der Waals surface area contributed by atoms with E-state index in [2.05, 4.69) is 45.1 Å². The van der Waals surface area contributed by atoms with Gasteiger partial charge in [0, 0.05) is 10.9 Å². The Labute approximate surface area is 171 Å². The number of nitriles is 3. The van der Waals surface area contributed by atoms with Crippen LogP contribution in [0.3, 0.4) is 0 Å². The molecule has 5 heteroatoms. The van der Waals surface area contributed by atoms with Gasteiger partial charge in [0.2, 0.25) is 0 Å². The molecule has 2 aliphatic rings.